The highest BCUT2D eigenvalue weighted by atomic mass is 19.1. The number of esters is 1. The molecular weight excluding hydrogens is 365 g/mol. The number of carbonyl (C=O) groups is 2. The quantitative estimate of drug-likeness (QED) is 0.670. The van der Waals surface area contributed by atoms with Crippen LogP contribution in [0, 0.1) is 5.82 Å². The summed E-state index contributed by atoms with van der Waals surface area (Å²) in [6.07, 6.45) is 7.30. The summed E-state index contributed by atoms with van der Waals surface area (Å²) in [5.74, 6) is -1.12. The van der Waals surface area contributed by atoms with Gasteiger partial charge in [0.2, 0.25) is 0 Å². The fourth-order valence-corrected chi connectivity index (χ4v) is 3.05. The van der Waals surface area contributed by atoms with E-state index in [-0.39, 0.29) is 18.0 Å². The zero-order valence-corrected chi connectivity index (χ0v) is 15.7. The van der Waals surface area contributed by atoms with Crippen molar-refractivity contribution in [2.75, 3.05) is 13.7 Å². The number of carbonyl (C=O) groups excluding carboxylic acids is 2. The van der Waals surface area contributed by atoms with Gasteiger partial charge in [-0.05, 0) is 49.9 Å². The summed E-state index contributed by atoms with van der Waals surface area (Å²) in [7, 11) is 1.40. The van der Waals surface area contributed by atoms with Gasteiger partial charge in [0.15, 0.2) is 6.61 Å². The minimum Gasteiger partial charge on any atom is -0.497 e. The van der Waals surface area contributed by atoms with Gasteiger partial charge in [0.1, 0.15) is 17.3 Å². The molecule has 1 aliphatic carbocycles. The van der Waals surface area contributed by atoms with Gasteiger partial charge in [-0.1, -0.05) is 6.08 Å². The highest BCUT2D eigenvalue weighted by Gasteiger charge is 2.23. The number of methoxy groups -OCH3 is 1. The van der Waals surface area contributed by atoms with E-state index in [0.29, 0.717) is 11.5 Å². The Bertz CT molecular complexity index is 860. The Hall–Kier alpha value is -3.09. The number of allylic oxidation sites excluding steroid dienone is 2. The lowest BCUT2D eigenvalue weighted by atomic mass is 10.0. The number of ether oxygens (including phenoxy) is 2. The van der Waals surface area contributed by atoms with E-state index in [1.54, 1.807) is 23.3 Å². The van der Waals surface area contributed by atoms with Crippen LogP contribution in [0.1, 0.15) is 41.8 Å². The van der Waals surface area contributed by atoms with Crippen molar-refractivity contribution in [3.8, 4) is 5.75 Å². The summed E-state index contributed by atoms with van der Waals surface area (Å²) in [6, 6.07) is 7.35. The number of benzene rings is 1. The van der Waals surface area contributed by atoms with E-state index in [2.05, 4.69) is 0 Å². The molecule has 28 heavy (non-hydrogen) atoms. The summed E-state index contributed by atoms with van der Waals surface area (Å²) >= 11 is 0. The van der Waals surface area contributed by atoms with Gasteiger partial charge in [-0.2, -0.15) is 0 Å². The molecule has 0 radical (unpaired) electrons. The molecule has 0 N–H and O–H groups in total. The second kappa shape index (κ2) is 9.21. The third-order valence-corrected chi connectivity index (χ3v) is 4.53. The highest BCUT2D eigenvalue weighted by Crippen LogP contribution is 2.23. The van der Waals surface area contributed by atoms with Crippen molar-refractivity contribution >= 4 is 11.9 Å². The largest absolute Gasteiger partial charge is 0.497 e. The number of furan rings is 1. The first kappa shape index (κ1) is 19.7. The summed E-state index contributed by atoms with van der Waals surface area (Å²) in [5, 5.41) is 0. The minimum atomic E-state index is -0.899. The van der Waals surface area contributed by atoms with Crippen LogP contribution >= 0.6 is 0 Å². The van der Waals surface area contributed by atoms with Gasteiger partial charge in [0.25, 0.3) is 5.91 Å². The molecule has 1 aromatic heterocycles. The molecule has 0 spiro atoms. The van der Waals surface area contributed by atoms with E-state index < -0.39 is 18.4 Å². The van der Waals surface area contributed by atoms with Gasteiger partial charge in [-0.3, -0.25) is 4.79 Å². The maximum atomic E-state index is 14.0. The van der Waals surface area contributed by atoms with Crippen LogP contribution in [-0.2, 0) is 16.1 Å². The van der Waals surface area contributed by atoms with Crippen LogP contribution in [0.4, 0.5) is 4.39 Å². The van der Waals surface area contributed by atoms with Gasteiger partial charge in [0.05, 0.1) is 25.5 Å². The molecule has 1 aliphatic rings. The molecule has 3 rings (SSSR count). The molecule has 0 atom stereocenters. The van der Waals surface area contributed by atoms with E-state index in [1.165, 1.54) is 19.2 Å². The second-order valence-electron chi connectivity index (χ2n) is 6.42. The number of nitrogens with zero attached hydrogens (tertiary/aromatic N) is 1. The van der Waals surface area contributed by atoms with Crippen molar-refractivity contribution < 1.29 is 27.9 Å². The molecule has 0 saturated heterocycles. The molecule has 1 amide bonds. The Morgan fingerprint density at radius 2 is 2.11 bits per heavy atom. The van der Waals surface area contributed by atoms with Crippen LogP contribution in [0.2, 0.25) is 0 Å². The molecule has 0 unspecified atom stereocenters. The molecule has 6 nitrogen and oxygen atoms in total. The van der Waals surface area contributed by atoms with Gasteiger partial charge < -0.3 is 18.8 Å². The van der Waals surface area contributed by atoms with Crippen LogP contribution in [0.3, 0.4) is 0 Å². The first-order chi connectivity index (χ1) is 13.6. The average Bonchev–Trinajstić information content (AvgIpc) is 3.23. The predicted molar refractivity (Wildman–Crippen MR) is 99.0 cm³/mol. The summed E-state index contributed by atoms with van der Waals surface area (Å²) in [5.41, 5.74) is 0.641. The summed E-state index contributed by atoms with van der Waals surface area (Å²) < 4.78 is 29.3. The zero-order chi connectivity index (χ0) is 19.9. The number of hydrogen-bond donors (Lipinski definition) is 0. The molecule has 1 heterocycles. The predicted octanol–water partition coefficient (Wildman–Crippen LogP) is 4.07. The third-order valence-electron chi connectivity index (χ3n) is 4.53. The van der Waals surface area contributed by atoms with Crippen molar-refractivity contribution in [3.05, 3.63) is 65.5 Å². The smallest absolute Gasteiger partial charge is 0.341 e. The van der Waals surface area contributed by atoms with Crippen LogP contribution in [0.25, 0.3) is 0 Å². The summed E-state index contributed by atoms with van der Waals surface area (Å²) in [4.78, 5) is 26.5. The number of amides is 1. The maximum absolute atomic E-state index is 14.0. The molecule has 0 fully saturated rings. The highest BCUT2D eigenvalue weighted by molar-refractivity contribution is 5.92. The summed E-state index contributed by atoms with van der Waals surface area (Å²) in [6.45, 7) is -0.228. The molecule has 148 valence electrons. The average molecular weight is 387 g/mol. The number of rotatable bonds is 7. The lowest BCUT2D eigenvalue weighted by molar-refractivity contribution is -0.133. The van der Waals surface area contributed by atoms with Crippen molar-refractivity contribution in [3.63, 3.8) is 0 Å². The van der Waals surface area contributed by atoms with Crippen molar-refractivity contribution in [2.24, 2.45) is 0 Å². The Kier molecular flexibility index (Phi) is 6.47. The van der Waals surface area contributed by atoms with Crippen molar-refractivity contribution in [1.82, 2.24) is 4.90 Å². The van der Waals surface area contributed by atoms with Crippen LogP contribution in [-0.4, -0.2) is 30.5 Å². The van der Waals surface area contributed by atoms with E-state index in [1.807, 2.05) is 6.08 Å². The zero-order valence-electron chi connectivity index (χ0n) is 15.7. The Balaban J connectivity index is 1.67. The maximum Gasteiger partial charge on any atom is 0.341 e. The molecule has 0 saturated carbocycles. The molecule has 0 aliphatic heterocycles. The first-order valence-electron chi connectivity index (χ1n) is 9.11. The Morgan fingerprint density at radius 3 is 2.75 bits per heavy atom. The fourth-order valence-electron chi connectivity index (χ4n) is 3.05. The third kappa shape index (κ3) is 4.79. The van der Waals surface area contributed by atoms with Crippen LogP contribution in [0.5, 0.6) is 5.75 Å². The van der Waals surface area contributed by atoms with Gasteiger partial charge in [-0.15, -0.1) is 0 Å². The van der Waals surface area contributed by atoms with Crippen molar-refractivity contribution in [2.45, 2.75) is 32.2 Å². The van der Waals surface area contributed by atoms with E-state index in [9.17, 15) is 14.0 Å². The lowest BCUT2D eigenvalue weighted by Gasteiger charge is -2.27. The van der Waals surface area contributed by atoms with Crippen molar-refractivity contribution in [1.29, 1.82) is 0 Å². The fraction of sp³-hybridized carbons (Fsp3) is 0.333. The molecule has 2 aromatic rings. The topological polar surface area (TPSA) is 69.0 Å². The van der Waals surface area contributed by atoms with E-state index in [0.717, 1.165) is 37.4 Å². The Labute approximate surface area is 162 Å². The normalized spacial score (nSPS) is 13.6. The lowest BCUT2D eigenvalue weighted by Crippen LogP contribution is -2.34. The second-order valence-corrected chi connectivity index (χ2v) is 6.42. The van der Waals surface area contributed by atoms with Crippen LogP contribution in [0.15, 0.2) is 52.8 Å². The molecule has 7 heteroatoms. The van der Waals surface area contributed by atoms with Crippen LogP contribution < -0.4 is 4.74 Å². The van der Waals surface area contributed by atoms with Gasteiger partial charge >= 0.3 is 5.97 Å². The standard InChI is InChI=1S/C21H22FNO5/c1-26-16-9-10-18(19(22)12-16)21(25)28-14-20(24)23(13-17-8-5-11-27-17)15-6-3-2-4-7-15/h5-6,8-12H,2-4,7,13-14H2,1H3. The first-order valence-corrected chi connectivity index (χ1v) is 9.11. The van der Waals surface area contributed by atoms with E-state index in [4.69, 9.17) is 13.9 Å². The van der Waals surface area contributed by atoms with Gasteiger partial charge in [0, 0.05) is 11.8 Å². The molecule has 1 aromatic carbocycles. The minimum absolute atomic E-state index is 0.247. The molecule has 0 bridgehead atoms. The van der Waals surface area contributed by atoms with E-state index >= 15 is 0 Å². The molecular formula is C21H22FNO5. The van der Waals surface area contributed by atoms with Gasteiger partial charge in [-0.25, -0.2) is 9.18 Å². The Morgan fingerprint density at radius 1 is 1.25 bits per heavy atom. The number of halogens is 1. The SMILES string of the molecule is COc1ccc(C(=O)OCC(=O)N(Cc2ccco2)C2=CCCCC2)c(F)c1. The number of hydrogen-bond acceptors (Lipinski definition) is 5. The monoisotopic (exact) mass is 387 g/mol.